The largest absolute Gasteiger partial charge is 0.598 e. The fourth-order valence-corrected chi connectivity index (χ4v) is 8.53. The Hall–Kier alpha value is -1.40. The average molecular weight is 614 g/mol. The standard InChI is InChI=1S/C26H33BrN2O4S3/c1-25(2,3)35(30)28-26(4,23-16-21(27)18-34-23)24(20-10-8-7-9-11-20)36(31,32)29(5)17-19-12-14-22(33-6)15-13-19/h7-16,18,24,28H,17H2,1-6H3/t24-,26-,35?/m1/s1. The third-order valence-corrected chi connectivity index (χ3v) is 11.9. The molecule has 6 nitrogen and oxygen atoms in total. The molecular weight excluding hydrogens is 580 g/mol. The van der Waals surface area contributed by atoms with Gasteiger partial charge in [-0.3, -0.25) is 0 Å². The number of benzene rings is 2. The molecule has 0 aliphatic rings. The van der Waals surface area contributed by atoms with Gasteiger partial charge in [0.25, 0.3) is 0 Å². The number of methoxy groups -OCH3 is 1. The Morgan fingerprint density at radius 3 is 2.22 bits per heavy atom. The van der Waals surface area contributed by atoms with Crippen LogP contribution in [0.3, 0.4) is 0 Å². The number of ether oxygens (including phenoxy) is 1. The molecule has 1 aromatic heterocycles. The van der Waals surface area contributed by atoms with Gasteiger partial charge in [0.15, 0.2) is 0 Å². The Labute approximate surface area is 230 Å². The normalized spacial score (nSPS) is 15.9. The van der Waals surface area contributed by atoms with Gasteiger partial charge in [0.05, 0.1) is 7.11 Å². The second kappa shape index (κ2) is 11.6. The molecule has 2 aromatic carbocycles. The molecule has 0 fully saturated rings. The Morgan fingerprint density at radius 1 is 1.11 bits per heavy atom. The van der Waals surface area contributed by atoms with E-state index < -0.39 is 36.9 Å². The van der Waals surface area contributed by atoms with Crippen LogP contribution in [0, 0.1) is 0 Å². The quantitative estimate of drug-likeness (QED) is 0.284. The molecule has 10 heteroatoms. The van der Waals surface area contributed by atoms with Gasteiger partial charge >= 0.3 is 0 Å². The highest BCUT2D eigenvalue weighted by Crippen LogP contribution is 2.46. The molecule has 0 radical (unpaired) electrons. The number of nitrogens with zero attached hydrogens (tertiary/aromatic N) is 1. The van der Waals surface area contributed by atoms with Crippen LogP contribution in [0.2, 0.25) is 0 Å². The highest BCUT2D eigenvalue weighted by molar-refractivity contribution is 9.10. The van der Waals surface area contributed by atoms with Crippen molar-refractivity contribution in [2.75, 3.05) is 14.2 Å². The summed E-state index contributed by atoms with van der Waals surface area (Å²) in [5.74, 6) is 0.705. The lowest BCUT2D eigenvalue weighted by molar-refractivity contribution is 0.376. The van der Waals surface area contributed by atoms with Crippen LogP contribution in [-0.2, 0) is 33.5 Å². The van der Waals surface area contributed by atoms with Gasteiger partial charge in [-0.15, -0.1) is 16.1 Å². The summed E-state index contributed by atoms with van der Waals surface area (Å²) in [4.78, 5) is 0.766. The number of hydrogen-bond acceptors (Lipinski definition) is 6. The number of halogens is 1. The maximum absolute atomic E-state index is 14.4. The first-order valence-corrected chi connectivity index (χ1v) is 15.7. The van der Waals surface area contributed by atoms with Crippen LogP contribution >= 0.6 is 27.3 Å². The SMILES string of the molecule is COc1ccc(CN(C)S(=O)(=O)[C@H](c2ccccc2)[C@](C)(N[S+]([O-])C(C)(C)C)c2cc(Br)cs2)cc1. The molecule has 3 atom stereocenters. The van der Waals surface area contributed by atoms with E-state index in [0.717, 1.165) is 14.9 Å². The maximum Gasteiger partial charge on any atom is 0.223 e. The Balaban J connectivity index is 2.14. The van der Waals surface area contributed by atoms with Crippen LogP contribution < -0.4 is 9.46 Å². The van der Waals surface area contributed by atoms with Crippen LogP contribution in [0.1, 0.15) is 48.9 Å². The van der Waals surface area contributed by atoms with E-state index in [9.17, 15) is 13.0 Å². The van der Waals surface area contributed by atoms with Crippen LogP contribution in [0.15, 0.2) is 70.5 Å². The van der Waals surface area contributed by atoms with E-state index in [1.54, 1.807) is 14.2 Å². The summed E-state index contributed by atoms with van der Waals surface area (Å²) in [5.41, 5.74) is 0.258. The molecule has 3 aromatic rings. The summed E-state index contributed by atoms with van der Waals surface area (Å²) in [7, 11) is -0.783. The third kappa shape index (κ3) is 6.53. The minimum Gasteiger partial charge on any atom is -0.598 e. The summed E-state index contributed by atoms with van der Waals surface area (Å²) in [6.45, 7) is 7.60. The van der Waals surface area contributed by atoms with E-state index in [1.807, 2.05) is 93.7 Å². The zero-order chi connectivity index (χ0) is 26.7. The van der Waals surface area contributed by atoms with E-state index in [0.29, 0.717) is 11.3 Å². The summed E-state index contributed by atoms with van der Waals surface area (Å²) in [6, 6.07) is 18.4. The molecule has 196 valence electrons. The van der Waals surface area contributed by atoms with Crippen molar-refractivity contribution in [1.82, 2.24) is 9.03 Å². The summed E-state index contributed by atoms with van der Waals surface area (Å²) in [6.07, 6.45) is 0. The van der Waals surface area contributed by atoms with Gasteiger partial charge in [-0.1, -0.05) is 42.5 Å². The molecule has 0 amide bonds. The zero-order valence-electron chi connectivity index (χ0n) is 21.3. The van der Waals surface area contributed by atoms with Crippen molar-refractivity contribution in [3.05, 3.63) is 86.5 Å². The third-order valence-electron chi connectivity index (χ3n) is 5.86. The van der Waals surface area contributed by atoms with Crippen molar-refractivity contribution in [1.29, 1.82) is 0 Å². The van der Waals surface area contributed by atoms with Gasteiger partial charge in [-0.25, -0.2) is 8.42 Å². The molecular formula is C26H33BrN2O4S3. The number of thiophene rings is 1. The van der Waals surface area contributed by atoms with Crippen molar-refractivity contribution < 1.29 is 17.7 Å². The van der Waals surface area contributed by atoms with Crippen LogP contribution in [-0.4, -0.2) is 36.2 Å². The summed E-state index contributed by atoms with van der Waals surface area (Å²) < 4.78 is 52.2. The average Bonchev–Trinajstić information content (AvgIpc) is 3.26. The van der Waals surface area contributed by atoms with Crippen molar-refractivity contribution in [3.63, 3.8) is 0 Å². The molecule has 3 rings (SSSR count). The predicted octanol–water partition coefficient (Wildman–Crippen LogP) is 5.99. The molecule has 0 bridgehead atoms. The molecule has 0 aliphatic carbocycles. The lowest BCUT2D eigenvalue weighted by Gasteiger charge is -2.40. The molecule has 0 saturated heterocycles. The van der Waals surface area contributed by atoms with E-state index in [4.69, 9.17) is 4.74 Å². The Bertz CT molecular complexity index is 1240. The van der Waals surface area contributed by atoms with Gasteiger partial charge < -0.3 is 9.29 Å². The highest BCUT2D eigenvalue weighted by atomic mass is 79.9. The monoisotopic (exact) mass is 612 g/mol. The first-order valence-electron chi connectivity index (χ1n) is 11.4. The van der Waals surface area contributed by atoms with E-state index >= 15 is 0 Å². The summed E-state index contributed by atoms with van der Waals surface area (Å²) in [5, 5.41) is 0.858. The number of hydrogen-bond donors (Lipinski definition) is 1. The topological polar surface area (TPSA) is 81.7 Å². The van der Waals surface area contributed by atoms with E-state index in [1.165, 1.54) is 15.6 Å². The van der Waals surface area contributed by atoms with E-state index in [2.05, 4.69) is 20.7 Å². The maximum atomic E-state index is 14.4. The smallest absolute Gasteiger partial charge is 0.223 e. The molecule has 0 aliphatic heterocycles. The first kappa shape index (κ1) is 29.2. The van der Waals surface area contributed by atoms with Crippen molar-refractivity contribution >= 4 is 48.7 Å². The first-order chi connectivity index (χ1) is 16.8. The minimum absolute atomic E-state index is 0.183. The fraction of sp³-hybridized carbons (Fsp3) is 0.385. The van der Waals surface area contributed by atoms with Crippen molar-refractivity contribution in [2.45, 2.75) is 49.8 Å². The lowest BCUT2D eigenvalue weighted by atomic mass is 9.91. The predicted molar refractivity (Wildman–Crippen MR) is 153 cm³/mol. The molecule has 1 N–H and O–H groups in total. The fourth-order valence-electron chi connectivity index (χ4n) is 3.85. The second-order valence-electron chi connectivity index (χ2n) is 9.75. The van der Waals surface area contributed by atoms with Gasteiger partial charge in [0.2, 0.25) is 10.0 Å². The lowest BCUT2D eigenvalue weighted by Crippen LogP contribution is -2.55. The Morgan fingerprint density at radius 2 is 1.72 bits per heavy atom. The number of nitrogens with one attached hydrogen (secondary N) is 1. The van der Waals surface area contributed by atoms with Crippen LogP contribution in [0.4, 0.5) is 0 Å². The zero-order valence-corrected chi connectivity index (χ0v) is 25.4. The Kier molecular flexibility index (Phi) is 9.36. The van der Waals surface area contributed by atoms with Crippen LogP contribution in [0.25, 0.3) is 0 Å². The van der Waals surface area contributed by atoms with Gasteiger partial charge in [-0.05, 0) is 73.0 Å². The highest BCUT2D eigenvalue weighted by Gasteiger charge is 2.51. The molecule has 1 unspecified atom stereocenters. The molecule has 0 spiro atoms. The minimum atomic E-state index is -3.96. The summed E-state index contributed by atoms with van der Waals surface area (Å²) >= 11 is 3.40. The van der Waals surface area contributed by atoms with Gasteiger partial charge in [0, 0.05) is 39.7 Å². The van der Waals surface area contributed by atoms with Crippen molar-refractivity contribution in [2.24, 2.45) is 0 Å². The van der Waals surface area contributed by atoms with Gasteiger partial charge in [-0.2, -0.15) is 4.31 Å². The number of rotatable bonds is 10. The second-order valence-corrected chi connectivity index (χ2v) is 15.7. The molecule has 0 saturated carbocycles. The van der Waals surface area contributed by atoms with Gasteiger partial charge in [0.1, 0.15) is 21.3 Å². The van der Waals surface area contributed by atoms with E-state index in [-0.39, 0.29) is 6.54 Å². The molecule has 1 heterocycles. The number of sulfonamides is 1. The van der Waals surface area contributed by atoms with Crippen molar-refractivity contribution in [3.8, 4) is 5.75 Å². The molecule has 36 heavy (non-hydrogen) atoms. The van der Waals surface area contributed by atoms with Crippen LogP contribution in [0.5, 0.6) is 5.75 Å².